The van der Waals surface area contributed by atoms with E-state index in [0.717, 1.165) is 70.1 Å². The molecule has 0 heterocycles. The third-order valence-corrected chi connectivity index (χ3v) is 13.7. The van der Waals surface area contributed by atoms with Gasteiger partial charge in [0.2, 0.25) is 0 Å². The van der Waals surface area contributed by atoms with Crippen LogP contribution in [0.15, 0.2) is 109 Å². The number of aromatic hydroxyl groups is 1. The molecule has 4 heteroatoms. The molecule has 0 bridgehead atoms. The molecule has 0 aliphatic heterocycles. The average Bonchev–Trinajstić information content (AvgIpc) is 3.19. The molecular formula is C50H67NO3. The second-order valence-corrected chi connectivity index (χ2v) is 17.4. The van der Waals surface area contributed by atoms with Gasteiger partial charge in [-0.2, -0.15) is 0 Å². The molecule has 0 saturated heterocycles. The van der Waals surface area contributed by atoms with Crippen LogP contribution < -0.4 is 5.73 Å². The Morgan fingerprint density at radius 1 is 0.815 bits per heavy atom. The Kier molecular flexibility index (Phi) is 15.1. The molecule has 3 aliphatic rings. The topological polar surface area (TPSA) is 83.6 Å². The van der Waals surface area contributed by atoms with Gasteiger partial charge in [-0.05, 0) is 141 Å². The first-order chi connectivity index (χ1) is 26.4. The smallest absolute Gasteiger partial charge is 0.303 e. The summed E-state index contributed by atoms with van der Waals surface area (Å²) in [7, 11) is 0. The Labute approximate surface area is 326 Å². The van der Waals surface area contributed by atoms with Gasteiger partial charge < -0.3 is 15.9 Å². The summed E-state index contributed by atoms with van der Waals surface area (Å²) in [6, 6.07) is 29.7. The highest BCUT2D eigenvalue weighted by Crippen LogP contribution is 2.56. The van der Waals surface area contributed by atoms with Gasteiger partial charge in [0, 0.05) is 11.8 Å². The standard InChI is InChI=1S/C50H67NO3/c51-32-30-46-43(34-40(27-26-39-18-8-2-9-19-39)20-10-3-7-17-38-15-5-1-6-16-38)28-29-48(47(46)36-49(53)54)50(44-23-11-4-12-24-44)31-14-22-42(37-50)33-41-21-13-25-45(52)35-41/h2-4,8-13,18-19,21,23-25,28-29,35,38,40,42-43,46-48,52H,1,5-7,14-17,20,22,26-27,30-34,36-37,51H2,(H,53,54)/t40-,42-,43-,46-,47-,48-,50+/m0/s1. The fraction of sp³-hybridized carbons (Fsp3) is 0.540. The predicted molar refractivity (Wildman–Crippen MR) is 223 cm³/mol. The van der Waals surface area contributed by atoms with Crippen LogP contribution in [0.4, 0.5) is 0 Å². The highest BCUT2D eigenvalue weighted by Gasteiger charge is 2.50. The van der Waals surface area contributed by atoms with Crippen LogP contribution >= 0.6 is 0 Å². The summed E-state index contributed by atoms with van der Waals surface area (Å²) < 4.78 is 0. The fourth-order valence-electron chi connectivity index (χ4n) is 11.2. The lowest BCUT2D eigenvalue weighted by Crippen LogP contribution is -2.48. The summed E-state index contributed by atoms with van der Waals surface area (Å²) in [6.07, 6.45) is 30.1. The summed E-state index contributed by atoms with van der Waals surface area (Å²) in [5, 5.41) is 20.8. The normalized spacial score (nSPS) is 26.9. The number of phenolic OH excluding ortho intramolecular Hbond substituents is 1. The zero-order valence-electron chi connectivity index (χ0n) is 32.7. The van der Waals surface area contributed by atoms with Crippen molar-refractivity contribution in [1.29, 1.82) is 0 Å². The van der Waals surface area contributed by atoms with Crippen LogP contribution in [0.25, 0.3) is 0 Å². The fourth-order valence-corrected chi connectivity index (χ4v) is 11.2. The molecule has 3 aliphatic carbocycles. The highest BCUT2D eigenvalue weighted by atomic mass is 16.4. The molecule has 0 spiro atoms. The maximum atomic E-state index is 12.8. The quantitative estimate of drug-likeness (QED) is 0.114. The lowest BCUT2D eigenvalue weighted by molar-refractivity contribution is -0.139. The number of aliphatic carboxylic acids is 1. The van der Waals surface area contributed by atoms with Crippen molar-refractivity contribution in [3.8, 4) is 5.75 Å². The second-order valence-electron chi connectivity index (χ2n) is 17.4. The number of hydrogen-bond acceptors (Lipinski definition) is 3. The molecule has 6 rings (SSSR count). The van der Waals surface area contributed by atoms with Gasteiger partial charge in [0.05, 0.1) is 0 Å². The highest BCUT2D eigenvalue weighted by molar-refractivity contribution is 5.67. The number of allylic oxidation sites excluding steroid dienone is 4. The molecule has 0 radical (unpaired) electrons. The lowest BCUT2D eigenvalue weighted by Gasteiger charge is -2.52. The zero-order valence-corrected chi connectivity index (χ0v) is 32.7. The van der Waals surface area contributed by atoms with Crippen LogP contribution in [0.1, 0.15) is 119 Å². The van der Waals surface area contributed by atoms with Crippen molar-refractivity contribution in [3.63, 3.8) is 0 Å². The number of rotatable bonds is 18. The number of aryl methyl sites for hydroxylation is 1. The van der Waals surface area contributed by atoms with Gasteiger partial charge in [-0.3, -0.25) is 4.79 Å². The largest absolute Gasteiger partial charge is 0.508 e. The van der Waals surface area contributed by atoms with Crippen LogP contribution in [-0.2, 0) is 23.1 Å². The van der Waals surface area contributed by atoms with Gasteiger partial charge in [0.1, 0.15) is 5.75 Å². The van der Waals surface area contributed by atoms with Crippen molar-refractivity contribution in [1.82, 2.24) is 0 Å². The van der Waals surface area contributed by atoms with E-state index in [4.69, 9.17) is 5.73 Å². The minimum Gasteiger partial charge on any atom is -0.508 e. The van der Waals surface area contributed by atoms with Crippen molar-refractivity contribution in [3.05, 3.63) is 126 Å². The molecule has 4 nitrogen and oxygen atoms in total. The SMILES string of the molecule is NCC[C@@H]1[C@H](CC(=O)O)[C@@H]([C@]2(c3ccccc3)CCC[C@@H](Cc3cccc(O)c3)C2)C=C[C@H]1C[C@@H](CC=CCCC1CCCCC1)CCc1ccccc1. The Bertz CT molecular complexity index is 1610. The second kappa shape index (κ2) is 20.3. The Balaban J connectivity index is 1.27. The van der Waals surface area contributed by atoms with E-state index < -0.39 is 5.97 Å². The van der Waals surface area contributed by atoms with Gasteiger partial charge in [0.25, 0.3) is 0 Å². The van der Waals surface area contributed by atoms with E-state index in [1.165, 1.54) is 61.6 Å². The van der Waals surface area contributed by atoms with Crippen molar-refractivity contribution in [2.45, 2.75) is 121 Å². The predicted octanol–water partition coefficient (Wildman–Crippen LogP) is 11.9. The molecule has 0 amide bonds. The molecule has 54 heavy (non-hydrogen) atoms. The van der Waals surface area contributed by atoms with Crippen molar-refractivity contribution < 1.29 is 15.0 Å². The van der Waals surface area contributed by atoms with Crippen molar-refractivity contribution in [2.24, 2.45) is 47.2 Å². The summed E-state index contributed by atoms with van der Waals surface area (Å²) in [6.45, 7) is 0.575. The summed E-state index contributed by atoms with van der Waals surface area (Å²) in [4.78, 5) is 12.8. The molecule has 2 saturated carbocycles. The first-order valence-corrected chi connectivity index (χ1v) is 21.6. The molecule has 2 fully saturated rings. The lowest BCUT2D eigenvalue weighted by atomic mass is 9.51. The summed E-state index contributed by atoms with van der Waals surface area (Å²) >= 11 is 0. The molecule has 0 aromatic heterocycles. The molecule has 3 aromatic carbocycles. The van der Waals surface area contributed by atoms with E-state index in [-0.39, 0.29) is 29.6 Å². The van der Waals surface area contributed by atoms with Gasteiger partial charge in [-0.25, -0.2) is 0 Å². The van der Waals surface area contributed by atoms with Crippen molar-refractivity contribution in [2.75, 3.05) is 6.54 Å². The Hall–Kier alpha value is -3.63. The van der Waals surface area contributed by atoms with E-state index >= 15 is 0 Å². The first-order valence-electron chi connectivity index (χ1n) is 21.6. The minimum absolute atomic E-state index is 0.0154. The average molecular weight is 730 g/mol. The van der Waals surface area contributed by atoms with Crippen LogP contribution in [0.5, 0.6) is 5.75 Å². The monoisotopic (exact) mass is 730 g/mol. The van der Waals surface area contributed by atoms with Gasteiger partial charge in [-0.1, -0.05) is 142 Å². The number of phenols is 1. The number of hydrogen-bond donors (Lipinski definition) is 3. The van der Waals surface area contributed by atoms with Gasteiger partial charge in [0.15, 0.2) is 0 Å². The Morgan fingerprint density at radius 2 is 1.56 bits per heavy atom. The molecule has 290 valence electrons. The summed E-state index contributed by atoms with van der Waals surface area (Å²) in [5.74, 6) is 2.19. The van der Waals surface area contributed by atoms with E-state index in [2.05, 4.69) is 91.0 Å². The minimum atomic E-state index is -0.696. The van der Waals surface area contributed by atoms with Crippen LogP contribution in [0.2, 0.25) is 0 Å². The summed E-state index contributed by atoms with van der Waals surface area (Å²) in [5.41, 5.74) is 10.2. The van der Waals surface area contributed by atoms with E-state index in [1.54, 1.807) is 6.07 Å². The molecule has 7 atom stereocenters. The molecule has 4 N–H and O–H groups in total. The Morgan fingerprint density at radius 3 is 2.30 bits per heavy atom. The number of carboxylic acid groups (broad SMARTS) is 1. The van der Waals surface area contributed by atoms with Crippen LogP contribution in [0, 0.1) is 41.4 Å². The molecular weight excluding hydrogens is 663 g/mol. The zero-order chi connectivity index (χ0) is 37.6. The maximum Gasteiger partial charge on any atom is 0.303 e. The third-order valence-electron chi connectivity index (χ3n) is 13.7. The van der Waals surface area contributed by atoms with E-state index in [9.17, 15) is 15.0 Å². The van der Waals surface area contributed by atoms with Gasteiger partial charge in [-0.15, -0.1) is 0 Å². The number of benzene rings is 3. The first kappa shape index (κ1) is 40.0. The number of nitrogens with two attached hydrogens (primary N) is 1. The molecule has 0 unspecified atom stereocenters. The van der Waals surface area contributed by atoms with Crippen molar-refractivity contribution >= 4 is 5.97 Å². The van der Waals surface area contributed by atoms with Gasteiger partial charge >= 0.3 is 5.97 Å². The van der Waals surface area contributed by atoms with E-state index in [0.29, 0.717) is 30.0 Å². The maximum absolute atomic E-state index is 12.8. The van der Waals surface area contributed by atoms with E-state index in [1.807, 2.05) is 12.1 Å². The number of carboxylic acids is 1. The van der Waals surface area contributed by atoms with Crippen LogP contribution in [0.3, 0.4) is 0 Å². The van der Waals surface area contributed by atoms with Crippen LogP contribution in [-0.4, -0.2) is 22.7 Å². The third kappa shape index (κ3) is 11.0. The molecule has 3 aromatic rings. The number of carbonyl (C=O) groups is 1.